The topological polar surface area (TPSA) is 67.4 Å². The highest BCUT2D eigenvalue weighted by Gasteiger charge is 2.13. The lowest BCUT2D eigenvalue weighted by Gasteiger charge is -2.12. The molecule has 1 amide bonds. The van der Waals surface area contributed by atoms with Gasteiger partial charge in [0.15, 0.2) is 5.11 Å². The molecule has 7 heteroatoms. The van der Waals surface area contributed by atoms with Crippen molar-refractivity contribution in [2.24, 2.45) is 0 Å². The van der Waals surface area contributed by atoms with E-state index in [1.54, 1.807) is 44.2 Å². The number of rotatable bonds is 4. The van der Waals surface area contributed by atoms with Gasteiger partial charge in [0, 0.05) is 15.7 Å². The van der Waals surface area contributed by atoms with Crippen molar-refractivity contribution in [1.29, 1.82) is 0 Å². The summed E-state index contributed by atoms with van der Waals surface area (Å²) < 4.78 is 6.07. The second-order valence-electron chi connectivity index (χ2n) is 6.58. The molecule has 0 spiro atoms. The molecule has 0 atom stereocenters. The number of hydrogen-bond donors (Lipinski definition) is 2. The standard InChI is InChI=1S/C22H19BrN2O3S/c1-13(2)28-21(27)14-7-9-15(10-8-14)24-22(29)25-20(26)18-11-12-19(23)17-6-4-3-5-16(17)18/h3-13H,1-2H3,(H2,24,25,26,29). The molecule has 0 unspecified atom stereocenters. The van der Waals surface area contributed by atoms with Crippen molar-refractivity contribution < 1.29 is 14.3 Å². The summed E-state index contributed by atoms with van der Waals surface area (Å²) in [6.45, 7) is 3.59. The Balaban J connectivity index is 1.68. The predicted molar refractivity (Wildman–Crippen MR) is 122 cm³/mol. The highest BCUT2D eigenvalue weighted by Crippen LogP contribution is 2.26. The second kappa shape index (κ2) is 9.15. The Bertz CT molecular complexity index is 1080. The van der Waals surface area contributed by atoms with Crippen molar-refractivity contribution in [3.05, 3.63) is 76.3 Å². The minimum atomic E-state index is -0.385. The van der Waals surface area contributed by atoms with Crippen LogP contribution in [0.3, 0.4) is 0 Å². The van der Waals surface area contributed by atoms with Gasteiger partial charge in [-0.15, -0.1) is 0 Å². The maximum atomic E-state index is 12.7. The number of nitrogens with one attached hydrogen (secondary N) is 2. The first-order valence-electron chi connectivity index (χ1n) is 8.96. The molecule has 0 radical (unpaired) electrons. The van der Waals surface area contributed by atoms with E-state index in [0.717, 1.165) is 15.2 Å². The Labute approximate surface area is 182 Å². The molecule has 2 N–H and O–H groups in total. The van der Waals surface area contributed by atoms with E-state index >= 15 is 0 Å². The molecule has 0 aliphatic carbocycles. The Morgan fingerprint density at radius 2 is 1.62 bits per heavy atom. The van der Waals surface area contributed by atoms with E-state index in [2.05, 4.69) is 26.6 Å². The molecule has 3 aromatic rings. The summed E-state index contributed by atoms with van der Waals surface area (Å²) in [5.74, 6) is -0.687. The summed E-state index contributed by atoms with van der Waals surface area (Å²) in [6.07, 6.45) is -0.183. The van der Waals surface area contributed by atoms with E-state index in [0.29, 0.717) is 16.8 Å². The zero-order valence-electron chi connectivity index (χ0n) is 15.9. The van der Waals surface area contributed by atoms with Gasteiger partial charge in [0.25, 0.3) is 5.91 Å². The van der Waals surface area contributed by atoms with Gasteiger partial charge in [0.05, 0.1) is 11.7 Å². The van der Waals surface area contributed by atoms with Gasteiger partial charge < -0.3 is 10.1 Å². The summed E-state index contributed by atoms with van der Waals surface area (Å²) in [7, 11) is 0. The number of thiocarbonyl (C=S) groups is 1. The van der Waals surface area contributed by atoms with E-state index in [-0.39, 0.29) is 23.1 Å². The van der Waals surface area contributed by atoms with Crippen LogP contribution in [-0.4, -0.2) is 23.1 Å². The average molecular weight is 471 g/mol. The first-order valence-corrected chi connectivity index (χ1v) is 10.2. The third-order valence-corrected chi connectivity index (χ3v) is 4.96. The third-order valence-electron chi connectivity index (χ3n) is 4.06. The van der Waals surface area contributed by atoms with Gasteiger partial charge >= 0.3 is 5.97 Å². The van der Waals surface area contributed by atoms with E-state index in [4.69, 9.17) is 17.0 Å². The molecule has 0 fully saturated rings. The van der Waals surface area contributed by atoms with Crippen LogP contribution in [0, 0.1) is 0 Å². The maximum Gasteiger partial charge on any atom is 0.338 e. The highest BCUT2D eigenvalue weighted by atomic mass is 79.9. The first-order chi connectivity index (χ1) is 13.8. The minimum Gasteiger partial charge on any atom is -0.459 e. The Hall–Kier alpha value is -2.77. The third kappa shape index (κ3) is 5.19. The first kappa shape index (κ1) is 21.0. The molecule has 29 heavy (non-hydrogen) atoms. The Kier molecular flexibility index (Phi) is 6.61. The number of fused-ring (bicyclic) bond motifs is 1. The van der Waals surface area contributed by atoms with Crippen LogP contribution in [0.5, 0.6) is 0 Å². The fourth-order valence-electron chi connectivity index (χ4n) is 2.76. The van der Waals surface area contributed by atoms with Crippen LogP contribution in [0.25, 0.3) is 10.8 Å². The second-order valence-corrected chi connectivity index (χ2v) is 7.84. The van der Waals surface area contributed by atoms with Crippen molar-refractivity contribution >= 4 is 61.6 Å². The van der Waals surface area contributed by atoms with Crippen LogP contribution < -0.4 is 10.6 Å². The summed E-state index contributed by atoms with van der Waals surface area (Å²) in [4.78, 5) is 24.6. The van der Waals surface area contributed by atoms with Crippen molar-refractivity contribution in [3.8, 4) is 0 Å². The molecule has 0 aromatic heterocycles. The number of ether oxygens (including phenoxy) is 1. The minimum absolute atomic E-state index is 0.166. The molecule has 0 aliphatic heterocycles. The molecule has 3 rings (SSSR count). The molecule has 5 nitrogen and oxygen atoms in total. The van der Waals surface area contributed by atoms with Gasteiger partial charge in [0.1, 0.15) is 0 Å². The molecule has 0 aliphatic rings. The average Bonchev–Trinajstić information content (AvgIpc) is 2.68. The van der Waals surface area contributed by atoms with E-state index in [9.17, 15) is 9.59 Å². The number of hydrogen-bond acceptors (Lipinski definition) is 4. The van der Waals surface area contributed by atoms with Gasteiger partial charge in [0.2, 0.25) is 0 Å². The number of amides is 1. The van der Waals surface area contributed by atoms with Crippen LogP contribution in [0.4, 0.5) is 5.69 Å². The number of carbonyl (C=O) groups excluding carboxylic acids is 2. The molecule has 0 heterocycles. The molecule has 0 saturated heterocycles. The molecule has 0 saturated carbocycles. The Morgan fingerprint density at radius 1 is 0.966 bits per heavy atom. The van der Waals surface area contributed by atoms with Crippen molar-refractivity contribution in [3.63, 3.8) is 0 Å². The maximum absolute atomic E-state index is 12.7. The van der Waals surface area contributed by atoms with Gasteiger partial charge in [-0.3, -0.25) is 10.1 Å². The fraction of sp³-hybridized carbons (Fsp3) is 0.136. The SMILES string of the molecule is CC(C)OC(=O)c1ccc(NC(=S)NC(=O)c2ccc(Br)c3ccccc23)cc1. The van der Waals surface area contributed by atoms with Crippen LogP contribution in [0.1, 0.15) is 34.6 Å². The van der Waals surface area contributed by atoms with Crippen LogP contribution >= 0.6 is 28.1 Å². The molecular weight excluding hydrogens is 452 g/mol. The Morgan fingerprint density at radius 3 is 2.28 bits per heavy atom. The van der Waals surface area contributed by atoms with Gasteiger partial charge in [-0.25, -0.2) is 4.79 Å². The van der Waals surface area contributed by atoms with E-state index in [1.807, 2.05) is 30.3 Å². The van der Waals surface area contributed by atoms with Crippen LogP contribution in [-0.2, 0) is 4.74 Å². The van der Waals surface area contributed by atoms with Crippen LogP contribution in [0.2, 0.25) is 0 Å². The lowest BCUT2D eigenvalue weighted by molar-refractivity contribution is 0.0378. The zero-order chi connectivity index (χ0) is 21.0. The van der Waals surface area contributed by atoms with Crippen molar-refractivity contribution in [2.75, 3.05) is 5.32 Å². The largest absolute Gasteiger partial charge is 0.459 e. The highest BCUT2D eigenvalue weighted by molar-refractivity contribution is 9.10. The molecular formula is C22H19BrN2O3S. The number of benzene rings is 3. The lowest BCUT2D eigenvalue weighted by Crippen LogP contribution is -2.34. The quantitative estimate of drug-likeness (QED) is 0.400. The predicted octanol–water partition coefficient (Wildman–Crippen LogP) is 5.29. The number of carbonyl (C=O) groups is 2. The fourth-order valence-corrected chi connectivity index (χ4v) is 3.45. The van der Waals surface area contributed by atoms with Crippen molar-refractivity contribution in [1.82, 2.24) is 5.32 Å². The summed E-state index contributed by atoms with van der Waals surface area (Å²) in [6, 6.07) is 17.9. The summed E-state index contributed by atoms with van der Waals surface area (Å²) in [5, 5.41) is 7.58. The monoisotopic (exact) mass is 470 g/mol. The van der Waals surface area contributed by atoms with Crippen LogP contribution in [0.15, 0.2) is 65.1 Å². The summed E-state index contributed by atoms with van der Waals surface area (Å²) >= 11 is 8.76. The summed E-state index contributed by atoms with van der Waals surface area (Å²) in [5.41, 5.74) is 1.62. The van der Waals surface area contributed by atoms with E-state index < -0.39 is 0 Å². The number of anilines is 1. The zero-order valence-corrected chi connectivity index (χ0v) is 18.3. The molecule has 3 aromatic carbocycles. The van der Waals surface area contributed by atoms with Gasteiger partial charge in [-0.1, -0.05) is 40.2 Å². The lowest BCUT2D eigenvalue weighted by atomic mass is 10.0. The molecule has 0 bridgehead atoms. The smallest absolute Gasteiger partial charge is 0.338 e. The van der Waals surface area contributed by atoms with Gasteiger partial charge in [-0.2, -0.15) is 0 Å². The number of halogens is 1. The van der Waals surface area contributed by atoms with E-state index in [1.165, 1.54) is 0 Å². The van der Waals surface area contributed by atoms with Crippen molar-refractivity contribution in [2.45, 2.75) is 20.0 Å². The normalized spacial score (nSPS) is 10.6. The van der Waals surface area contributed by atoms with Gasteiger partial charge in [-0.05, 0) is 73.2 Å². The number of esters is 1. The molecule has 148 valence electrons.